The van der Waals surface area contributed by atoms with Crippen molar-refractivity contribution in [3.8, 4) is 0 Å². The van der Waals surface area contributed by atoms with Crippen LogP contribution in [0.3, 0.4) is 0 Å². The monoisotopic (exact) mass is 448 g/mol. The molecule has 7 heteroatoms. The van der Waals surface area contributed by atoms with Gasteiger partial charge < -0.3 is 15.3 Å². The Morgan fingerprint density at radius 3 is 2.34 bits per heavy atom. The van der Waals surface area contributed by atoms with Gasteiger partial charge in [-0.25, -0.2) is 4.79 Å². The largest absolute Gasteiger partial charge is 0.465 e. The average Bonchev–Trinajstić information content (AvgIpc) is 2.69. The second-order valence-electron chi connectivity index (χ2n) is 9.76. The summed E-state index contributed by atoms with van der Waals surface area (Å²) < 4.78 is 38.6. The molecule has 1 fully saturated rings. The minimum Gasteiger partial charge on any atom is -0.465 e. The van der Waals surface area contributed by atoms with Crippen LogP contribution in [0.2, 0.25) is 0 Å². The van der Waals surface area contributed by atoms with E-state index in [4.69, 9.17) is 0 Å². The van der Waals surface area contributed by atoms with Crippen molar-refractivity contribution < 1.29 is 23.1 Å². The molecule has 0 saturated carbocycles. The highest BCUT2D eigenvalue weighted by molar-refractivity contribution is 5.66. The lowest BCUT2D eigenvalue weighted by Gasteiger charge is -2.45. The summed E-state index contributed by atoms with van der Waals surface area (Å²) in [4.78, 5) is 13.2. The van der Waals surface area contributed by atoms with E-state index in [0.29, 0.717) is 25.8 Å². The van der Waals surface area contributed by atoms with Gasteiger partial charge in [-0.15, -0.1) is 0 Å². The van der Waals surface area contributed by atoms with Gasteiger partial charge in [0.25, 0.3) is 0 Å². The molecule has 32 heavy (non-hydrogen) atoms. The van der Waals surface area contributed by atoms with Crippen LogP contribution in [0, 0.1) is 12.3 Å². The number of carboxylic acid groups (broad SMARTS) is 1. The zero-order chi connectivity index (χ0) is 23.7. The summed E-state index contributed by atoms with van der Waals surface area (Å²) >= 11 is 0. The molecule has 1 saturated heterocycles. The third-order valence-corrected chi connectivity index (χ3v) is 6.14. The molecule has 1 amide bonds. The van der Waals surface area contributed by atoms with E-state index in [0.717, 1.165) is 34.5 Å². The molecule has 1 heterocycles. The lowest BCUT2D eigenvalue weighted by atomic mass is 9.79. The predicted octanol–water partition coefficient (Wildman–Crippen LogP) is 6.57. The molecule has 174 valence electrons. The molecule has 0 aliphatic carbocycles. The van der Waals surface area contributed by atoms with Crippen LogP contribution >= 0.6 is 0 Å². The Hall–Kier alpha value is -2.70. The Morgan fingerprint density at radius 1 is 1.12 bits per heavy atom. The van der Waals surface area contributed by atoms with Crippen LogP contribution < -0.4 is 5.32 Å². The van der Waals surface area contributed by atoms with E-state index in [9.17, 15) is 23.1 Å². The molecule has 1 aliphatic rings. The maximum atomic E-state index is 12.9. The molecule has 2 N–H and O–H groups in total. The second-order valence-corrected chi connectivity index (χ2v) is 9.76. The third-order valence-electron chi connectivity index (χ3n) is 6.14. The van der Waals surface area contributed by atoms with Gasteiger partial charge in [-0.05, 0) is 60.9 Å². The number of carbonyl (C=O) groups is 1. The zero-order valence-corrected chi connectivity index (χ0v) is 19.0. The second kappa shape index (κ2) is 9.04. The summed E-state index contributed by atoms with van der Waals surface area (Å²) in [5, 5.41) is 13.2. The maximum Gasteiger partial charge on any atom is 0.416 e. The molecule has 2 unspecified atom stereocenters. The van der Waals surface area contributed by atoms with E-state index in [-0.39, 0.29) is 17.5 Å². The first kappa shape index (κ1) is 24.0. The third kappa shape index (κ3) is 5.75. The predicted molar refractivity (Wildman–Crippen MR) is 120 cm³/mol. The van der Waals surface area contributed by atoms with E-state index < -0.39 is 17.8 Å². The van der Waals surface area contributed by atoms with Gasteiger partial charge >= 0.3 is 12.3 Å². The van der Waals surface area contributed by atoms with Crippen molar-refractivity contribution in [2.45, 2.75) is 65.2 Å². The number of anilines is 1. The summed E-state index contributed by atoms with van der Waals surface area (Å²) in [6, 6.07) is 11.4. The van der Waals surface area contributed by atoms with Gasteiger partial charge in [-0.3, -0.25) is 0 Å². The Labute approximate surface area is 187 Å². The number of hydrogen-bond donors (Lipinski definition) is 2. The summed E-state index contributed by atoms with van der Waals surface area (Å²) in [7, 11) is 0. The fourth-order valence-electron chi connectivity index (χ4n) is 4.41. The van der Waals surface area contributed by atoms with Crippen molar-refractivity contribution in [2.24, 2.45) is 5.41 Å². The molecule has 0 aromatic heterocycles. The number of rotatable bonds is 4. The summed E-state index contributed by atoms with van der Waals surface area (Å²) in [6.07, 6.45) is -3.32. The maximum absolute atomic E-state index is 12.9. The number of likely N-dealkylation sites (tertiary alicyclic amines) is 1. The number of piperidine rings is 1. The summed E-state index contributed by atoms with van der Waals surface area (Å²) in [5.41, 5.74) is 3.00. The van der Waals surface area contributed by atoms with Crippen molar-refractivity contribution in [2.75, 3.05) is 11.9 Å². The first-order valence-corrected chi connectivity index (χ1v) is 10.9. The van der Waals surface area contributed by atoms with Gasteiger partial charge in [-0.2, -0.15) is 13.2 Å². The highest BCUT2D eigenvalue weighted by Gasteiger charge is 2.38. The minimum absolute atomic E-state index is 0.102. The van der Waals surface area contributed by atoms with Gasteiger partial charge in [0.15, 0.2) is 0 Å². The van der Waals surface area contributed by atoms with Gasteiger partial charge in [0.2, 0.25) is 0 Å². The lowest BCUT2D eigenvalue weighted by molar-refractivity contribution is -0.137. The first-order valence-electron chi connectivity index (χ1n) is 10.9. The molecular formula is C25H31F3N2O2. The molecule has 2 aromatic rings. The topological polar surface area (TPSA) is 52.6 Å². The van der Waals surface area contributed by atoms with Gasteiger partial charge in [0.05, 0.1) is 5.56 Å². The van der Waals surface area contributed by atoms with Gasteiger partial charge in [-0.1, -0.05) is 50.6 Å². The van der Waals surface area contributed by atoms with E-state index in [1.54, 1.807) is 0 Å². The molecular weight excluding hydrogens is 417 g/mol. The number of nitrogens with zero attached hydrogens (tertiary/aromatic N) is 1. The fourth-order valence-corrected chi connectivity index (χ4v) is 4.41. The Bertz CT molecular complexity index is 949. The Morgan fingerprint density at radius 2 is 1.78 bits per heavy atom. The minimum atomic E-state index is -4.34. The highest BCUT2D eigenvalue weighted by atomic mass is 19.4. The highest BCUT2D eigenvalue weighted by Crippen LogP contribution is 2.34. The SMILES string of the molecule is Cc1ccc(NC2CCN(C(=O)O)C(C(C)(C)C)C2)c(Cc2ccc(C(F)(F)F)cc2)c1. The van der Waals surface area contributed by atoms with E-state index >= 15 is 0 Å². The first-order chi connectivity index (χ1) is 14.8. The smallest absolute Gasteiger partial charge is 0.416 e. The van der Waals surface area contributed by atoms with Gasteiger partial charge in [0.1, 0.15) is 0 Å². The number of halogens is 3. The Balaban J connectivity index is 1.79. The Kier molecular flexibility index (Phi) is 6.77. The van der Waals surface area contributed by atoms with Crippen LogP contribution in [0.4, 0.5) is 23.7 Å². The number of aryl methyl sites for hydroxylation is 1. The number of hydrogen-bond acceptors (Lipinski definition) is 2. The molecule has 0 radical (unpaired) electrons. The van der Waals surface area contributed by atoms with Crippen LogP contribution in [0.5, 0.6) is 0 Å². The van der Waals surface area contributed by atoms with Crippen LogP contribution in [0.25, 0.3) is 0 Å². The van der Waals surface area contributed by atoms with E-state index in [1.807, 2.05) is 25.1 Å². The van der Waals surface area contributed by atoms with E-state index in [1.165, 1.54) is 17.0 Å². The summed E-state index contributed by atoms with van der Waals surface area (Å²) in [6.45, 7) is 8.61. The number of benzene rings is 2. The van der Waals surface area contributed by atoms with Crippen molar-refractivity contribution in [3.63, 3.8) is 0 Å². The van der Waals surface area contributed by atoms with Crippen molar-refractivity contribution >= 4 is 11.8 Å². The molecule has 0 bridgehead atoms. The average molecular weight is 449 g/mol. The molecule has 4 nitrogen and oxygen atoms in total. The molecule has 1 aliphatic heterocycles. The summed E-state index contributed by atoms with van der Waals surface area (Å²) in [5.74, 6) is 0. The van der Waals surface area contributed by atoms with Crippen LogP contribution in [0.1, 0.15) is 55.9 Å². The number of amides is 1. The van der Waals surface area contributed by atoms with Crippen molar-refractivity contribution in [1.82, 2.24) is 4.90 Å². The van der Waals surface area contributed by atoms with Crippen molar-refractivity contribution in [1.29, 1.82) is 0 Å². The fraction of sp³-hybridized carbons (Fsp3) is 0.480. The number of alkyl halides is 3. The quantitative estimate of drug-likeness (QED) is 0.556. The molecule has 3 rings (SSSR count). The molecule has 2 aromatic carbocycles. The normalized spacial score (nSPS) is 19.7. The van der Waals surface area contributed by atoms with Crippen LogP contribution in [-0.2, 0) is 12.6 Å². The molecule has 2 atom stereocenters. The molecule has 0 spiro atoms. The zero-order valence-electron chi connectivity index (χ0n) is 19.0. The lowest BCUT2D eigenvalue weighted by Crippen LogP contribution is -2.54. The van der Waals surface area contributed by atoms with E-state index in [2.05, 4.69) is 26.1 Å². The number of nitrogens with one attached hydrogen (secondary N) is 1. The van der Waals surface area contributed by atoms with Crippen molar-refractivity contribution in [3.05, 3.63) is 64.7 Å². The standard InChI is InChI=1S/C25H31F3N2O2/c1-16-5-10-21(18(13-16)14-17-6-8-19(9-7-17)25(26,27)28)29-20-11-12-30(23(31)32)22(15-20)24(2,3)4/h5-10,13,20,22,29H,11-12,14-15H2,1-4H3,(H,31,32). The van der Waals surface area contributed by atoms with Gasteiger partial charge in [0, 0.05) is 24.3 Å². The van der Waals surface area contributed by atoms with Crippen LogP contribution in [0.15, 0.2) is 42.5 Å². The van der Waals surface area contributed by atoms with Crippen LogP contribution in [-0.4, -0.2) is 34.7 Å².